The monoisotopic (exact) mass is 313 g/mol. The van der Waals surface area contributed by atoms with E-state index in [0.717, 1.165) is 0 Å². The third kappa shape index (κ3) is 3.18. The molecule has 1 heterocycles. The van der Waals surface area contributed by atoms with Crippen LogP contribution in [0.3, 0.4) is 0 Å². The number of carbonyl (C=O) groups excluding carboxylic acids is 1. The molecule has 0 aliphatic carbocycles. The van der Waals surface area contributed by atoms with E-state index in [9.17, 15) is 9.59 Å². The molecule has 0 atom stereocenters. The Balaban J connectivity index is 1.79. The fourth-order valence-corrected chi connectivity index (χ4v) is 2.26. The zero-order valence-electron chi connectivity index (χ0n) is 11.5. The van der Waals surface area contributed by atoms with Crippen LogP contribution in [0, 0.1) is 0 Å². The number of anilines is 1. The van der Waals surface area contributed by atoms with E-state index in [1.807, 2.05) is 0 Å². The minimum atomic E-state index is -0.263. The Hall–Kier alpha value is -2.59. The molecule has 0 fully saturated rings. The highest BCUT2D eigenvalue weighted by molar-refractivity contribution is 6.30. The SMILES string of the molecule is O=C(Cc1cc(=O)c2ccccc2o1)Nc1ccc(Cl)cc1. The maximum Gasteiger partial charge on any atom is 0.231 e. The van der Waals surface area contributed by atoms with Crippen LogP contribution in [0.25, 0.3) is 11.0 Å². The number of benzene rings is 2. The summed E-state index contributed by atoms with van der Waals surface area (Å²) in [6.07, 6.45) is -0.0112. The molecular formula is C17H12ClNO3. The first-order valence-electron chi connectivity index (χ1n) is 6.69. The van der Waals surface area contributed by atoms with Crippen molar-refractivity contribution in [2.24, 2.45) is 0 Å². The summed E-state index contributed by atoms with van der Waals surface area (Å²) in [5.41, 5.74) is 0.956. The molecule has 110 valence electrons. The molecule has 0 saturated heterocycles. The van der Waals surface area contributed by atoms with E-state index in [2.05, 4.69) is 5.32 Å². The van der Waals surface area contributed by atoms with Gasteiger partial charge in [0.1, 0.15) is 11.3 Å². The molecule has 0 radical (unpaired) electrons. The van der Waals surface area contributed by atoms with Gasteiger partial charge in [0.2, 0.25) is 5.91 Å². The second kappa shape index (κ2) is 6.03. The largest absolute Gasteiger partial charge is 0.460 e. The summed E-state index contributed by atoms with van der Waals surface area (Å²) in [5.74, 6) is 0.0657. The molecule has 4 nitrogen and oxygen atoms in total. The zero-order valence-corrected chi connectivity index (χ0v) is 12.3. The van der Waals surface area contributed by atoms with Gasteiger partial charge >= 0.3 is 0 Å². The lowest BCUT2D eigenvalue weighted by Crippen LogP contribution is -2.15. The summed E-state index contributed by atoms with van der Waals surface area (Å²) in [6.45, 7) is 0. The first-order valence-corrected chi connectivity index (χ1v) is 7.07. The van der Waals surface area contributed by atoms with E-state index in [0.29, 0.717) is 27.4 Å². The molecule has 0 unspecified atom stereocenters. The number of halogens is 1. The van der Waals surface area contributed by atoms with Crippen LogP contribution in [0.15, 0.2) is 63.8 Å². The molecule has 0 aliphatic rings. The molecule has 5 heteroatoms. The van der Waals surface area contributed by atoms with Gasteiger partial charge in [0, 0.05) is 16.8 Å². The maximum atomic E-state index is 12.0. The Kier molecular flexibility index (Phi) is 3.94. The smallest absolute Gasteiger partial charge is 0.231 e. The van der Waals surface area contributed by atoms with Crippen LogP contribution in [-0.4, -0.2) is 5.91 Å². The first-order chi connectivity index (χ1) is 10.6. The molecule has 3 rings (SSSR count). The van der Waals surface area contributed by atoms with E-state index < -0.39 is 0 Å². The molecule has 0 aliphatic heterocycles. The molecule has 22 heavy (non-hydrogen) atoms. The summed E-state index contributed by atoms with van der Waals surface area (Å²) in [5, 5.41) is 3.83. The van der Waals surface area contributed by atoms with Gasteiger partial charge in [-0.25, -0.2) is 0 Å². The van der Waals surface area contributed by atoms with Crippen molar-refractivity contribution in [2.45, 2.75) is 6.42 Å². The lowest BCUT2D eigenvalue weighted by molar-refractivity contribution is -0.115. The van der Waals surface area contributed by atoms with Crippen LogP contribution in [0.2, 0.25) is 5.02 Å². The van der Waals surface area contributed by atoms with Crippen LogP contribution in [0.4, 0.5) is 5.69 Å². The lowest BCUT2D eigenvalue weighted by Gasteiger charge is -2.05. The normalized spacial score (nSPS) is 10.6. The standard InChI is InChI=1S/C17H12ClNO3/c18-11-5-7-12(8-6-11)19-17(21)10-13-9-15(20)14-3-1-2-4-16(14)22-13/h1-9H,10H2,(H,19,21). The molecule has 2 aromatic carbocycles. The summed E-state index contributed by atoms with van der Waals surface area (Å²) >= 11 is 5.79. The summed E-state index contributed by atoms with van der Waals surface area (Å²) < 4.78 is 5.59. The van der Waals surface area contributed by atoms with Crippen molar-refractivity contribution in [1.29, 1.82) is 0 Å². The third-order valence-corrected chi connectivity index (χ3v) is 3.40. The molecule has 1 N–H and O–H groups in total. The highest BCUT2D eigenvalue weighted by Gasteiger charge is 2.09. The molecule has 1 aromatic heterocycles. The van der Waals surface area contributed by atoms with E-state index in [-0.39, 0.29) is 17.8 Å². The Labute approximate surface area is 131 Å². The fraction of sp³-hybridized carbons (Fsp3) is 0.0588. The van der Waals surface area contributed by atoms with E-state index in [4.69, 9.17) is 16.0 Å². The summed E-state index contributed by atoms with van der Waals surface area (Å²) in [6, 6.07) is 15.1. The number of hydrogen-bond acceptors (Lipinski definition) is 3. The number of fused-ring (bicyclic) bond motifs is 1. The number of nitrogens with one attached hydrogen (secondary N) is 1. The number of hydrogen-bond donors (Lipinski definition) is 1. The van der Waals surface area contributed by atoms with Crippen LogP contribution < -0.4 is 10.7 Å². The molecule has 0 saturated carbocycles. The zero-order chi connectivity index (χ0) is 15.5. The van der Waals surface area contributed by atoms with Crippen LogP contribution in [0.1, 0.15) is 5.76 Å². The van der Waals surface area contributed by atoms with Crippen molar-refractivity contribution in [1.82, 2.24) is 0 Å². The predicted octanol–water partition coefficient (Wildman–Crippen LogP) is 3.63. The Bertz CT molecular complexity index is 884. The summed E-state index contributed by atoms with van der Waals surface area (Å²) in [4.78, 5) is 24.0. The van der Waals surface area contributed by atoms with Gasteiger partial charge in [-0.1, -0.05) is 23.7 Å². The van der Waals surface area contributed by atoms with Gasteiger partial charge in [0.25, 0.3) is 0 Å². The predicted molar refractivity (Wildman–Crippen MR) is 86.3 cm³/mol. The number of carbonyl (C=O) groups is 1. The molecule has 0 bridgehead atoms. The highest BCUT2D eigenvalue weighted by atomic mass is 35.5. The third-order valence-electron chi connectivity index (χ3n) is 3.15. The van der Waals surface area contributed by atoms with Crippen molar-refractivity contribution in [3.63, 3.8) is 0 Å². The van der Waals surface area contributed by atoms with Gasteiger partial charge in [-0.2, -0.15) is 0 Å². The Morgan fingerprint density at radius 3 is 2.59 bits per heavy atom. The fourth-order valence-electron chi connectivity index (χ4n) is 2.14. The minimum Gasteiger partial charge on any atom is -0.460 e. The average molecular weight is 314 g/mol. The quantitative estimate of drug-likeness (QED) is 0.803. The highest BCUT2D eigenvalue weighted by Crippen LogP contribution is 2.15. The van der Waals surface area contributed by atoms with Crippen LogP contribution >= 0.6 is 11.6 Å². The van der Waals surface area contributed by atoms with Gasteiger partial charge in [-0.05, 0) is 36.4 Å². The average Bonchev–Trinajstić information content (AvgIpc) is 2.49. The van der Waals surface area contributed by atoms with Crippen molar-refractivity contribution < 1.29 is 9.21 Å². The van der Waals surface area contributed by atoms with Crippen LogP contribution in [-0.2, 0) is 11.2 Å². The second-order valence-electron chi connectivity index (χ2n) is 4.80. The first kappa shape index (κ1) is 14.4. The molecule has 3 aromatic rings. The van der Waals surface area contributed by atoms with Crippen LogP contribution in [0.5, 0.6) is 0 Å². The maximum absolute atomic E-state index is 12.0. The second-order valence-corrected chi connectivity index (χ2v) is 5.24. The van der Waals surface area contributed by atoms with Gasteiger partial charge in [0.15, 0.2) is 5.43 Å². The number of rotatable bonds is 3. The lowest BCUT2D eigenvalue weighted by atomic mass is 10.2. The van der Waals surface area contributed by atoms with Crippen molar-refractivity contribution >= 4 is 34.2 Å². The number of para-hydroxylation sites is 1. The van der Waals surface area contributed by atoms with E-state index in [1.54, 1.807) is 48.5 Å². The van der Waals surface area contributed by atoms with E-state index in [1.165, 1.54) is 6.07 Å². The van der Waals surface area contributed by atoms with Crippen molar-refractivity contribution in [3.05, 3.63) is 75.6 Å². The van der Waals surface area contributed by atoms with Gasteiger partial charge in [0.05, 0.1) is 11.8 Å². The van der Waals surface area contributed by atoms with Gasteiger partial charge in [-0.3, -0.25) is 9.59 Å². The molecule has 1 amide bonds. The minimum absolute atomic E-state index is 0.0112. The Morgan fingerprint density at radius 2 is 1.82 bits per heavy atom. The summed E-state index contributed by atoms with van der Waals surface area (Å²) in [7, 11) is 0. The molecule has 0 spiro atoms. The van der Waals surface area contributed by atoms with Crippen molar-refractivity contribution in [2.75, 3.05) is 5.32 Å². The molecular weight excluding hydrogens is 302 g/mol. The Morgan fingerprint density at radius 1 is 1.09 bits per heavy atom. The van der Waals surface area contributed by atoms with Crippen molar-refractivity contribution in [3.8, 4) is 0 Å². The van der Waals surface area contributed by atoms with Gasteiger partial charge in [-0.15, -0.1) is 0 Å². The number of amides is 1. The van der Waals surface area contributed by atoms with E-state index >= 15 is 0 Å². The topological polar surface area (TPSA) is 59.3 Å². The van der Waals surface area contributed by atoms with Gasteiger partial charge < -0.3 is 9.73 Å².